The summed E-state index contributed by atoms with van der Waals surface area (Å²) in [7, 11) is 1.18. The number of quaternary nitrogens is 1. The average molecular weight is 928 g/mol. The molecular weight excluding hydrogens is 822 g/mol. The molecule has 0 aliphatic carbocycles. The lowest BCUT2D eigenvalue weighted by Crippen LogP contribution is -2.37. The minimum atomic E-state index is -4.61. The molecule has 10 heteroatoms. The monoisotopic (exact) mass is 928 g/mol. The van der Waals surface area contributed by atoms with Crippen molar-refractivity contribution in [2.45, 2.75) is 277 Å². The lowest BCUT2D eigenvalue weighted by atomic mass is 10.0. The zero-order valence-electron chi connectivity index (χ0n) is 43.0. The number of carbonyl (C=O) groups is 2. The fourth-order valence-electron chi connectivity index (χ4n) is 8.01. The predicted octanol–water partition coefficient (Wildman–Crippen LogP) is 15.8. The molecule has 0 rings (SSSR count). The summed E-state index contributed by atoms with van der Waals surface area (Å²) in [4.78, 5) is 37.3. The Balaban J connectivity index is 3.75. The van der Waals surface area contributed by atoms with Crippen molar-refractivity contribution >= 4 is 19.8 Å². The molecule has 0 saturated heterocycles. The van der Waals surface area contributed by atoms with E-state index in [0.29, 0.717) is 17.4 Å². The Morgan fingerprint density at radius 3 is 1.16 bits per heavy atom. The van der Waals surface area contributed by atoms with Gasteiger partial charge in [0.15, 0.2) is 6.10 Å². The fraction of sp³-hybridized carbons (Fsp3) is 0.926. The van der Waals surface area contributed by atoms with Gasteiger partial charge in [-0.3, -0.25) is 14.2 Å². The molecule has 9 nitrogen and oxygen atoms in total. The number of hydrogen-bond donors (Lipinski definition) is 0. The number of esters is 2. The van der Waals surface area contributed by atoms with Crippen molar-refractivity contribution in [1.82, 2.24) is 0 Å². The Morgan fingerprint density at radius 2 is 0.797 bits per heavy atom. The van der Waals surface area contributed by atoms with E-state index in [-0.39, 0.29) is 26.1 Å². The fourth-order valence-corrected chi connectivity index (χ4v) is 8.73. The van der Waals surface area contributed by atoms with Crippen molar-refractivity contribution in [2.75, 3.05) is 47.5 Å². The van der Waals surface area contributed by atoms with Crippen LogP contribution in [-0.2, 0) is 32.7 Å². The van der Waals surface area contributed by atoms with Crippen molar-refractivity contribution in [3.63, 3.8) is 0 Å². The molecule has 0 fully saturated rings. The van der Waals surface area contributed by atoms with E-state index in [4.69, 9.17) is 18.5 Å². The zero-order valence-corrected chi connectivity index (χ0v) is 43.9. The summed E-state index contributed by atoms with van der Waals surface area (Å²) < 4.78 is 33.8. The second kappa shape index (κ2) is 46.8. The van der Waals surface area contributed by atoms with Crippen LogP contribution >= 0.6 is 7.82 Å². The standard InChI is InChI=1S/C54H106NO8P/c1-6-8-10-12-13-14-15-16-17-18-19-20-21-22-23-24-25-26-27-28-29-30-31-32-33-34-35-36-37-38-39-40-41-43-45-47-54(57)63-52(50-60-53(56)46-44-42-11-9-7-2)51-62-64(58,59)61-49-48-55(3,4)5/h18-19,52H,6-17,20-51H2,1-5H3/b19-18-. The van der Waals surface area contributed by atoms with Gasteiger partial charge in [-0.25, -0.2) is 0 Å². The van der Waals surface area contributed by atoms with Crippen molar-refractivity contribution < 1.29 is 42.1 Å². The van der Waals surface area contributed by atoms with Crippen LogP contribution in [0, 0.1) is 0 Å². The van der Waals surface area contributed by atoms with E-state index in [0.717, 1.165) is 44.9 Å². The number of allylic oxidation sites excluding steroid dienone is 2. The summed E-state index contributed by atoms with van der Waals surface area (Å²) in [5, 5.41) is 0. The van der Waals surface area contributed by atoms with Crippen LogP contribution in [-0.4, -0.2) is 70.0 Å². The van der Waals surface area contributed by atoms with Crippen molar-refractivity contribution in [1.29, 1.82) is 0 Å². The molecule has 0 aliphatic heterocycles. The van der Waals surface area contributed by atoms with Gasteiger partial charge in [-0.05, 0) is 38.5 Å². The molecule has 380 valence electrons. The number of ether oxygens (including phenoxy) is 2. The van der Waals surface area contributed by atoms with Crippen LogP contribution in [0.15, 0.2) is 12.2 Å². The maximum atomic E-state index is 12.7. The third kappa shape index (κ3) is 50.2. The van der Waals surface area contributed by atoms with Gasteiger partial charge in [0, 0.05) is 12.8 Å². The number of likely N-dealkylation sites (N-methyl/N-ethyl adjacent to an activating group) is 1. The molecule has 0 amide bonds. The highest BCUT2D eigenvalue weighted by molar-refractivity contribution is 7.45. The van der Waals surface area contributed by atoms with Gasteiger partial charge in [0.05, 0.1) is 27.7 Å². The summed E-state index contributed by atoms with van der Waals surface area (Å²) in [6.45, 7) is 4.17. The van der Waals surface area contributed by atoms with Gasteiger partial charge in [-0.15, -0.1) is 0 Å². The van der Waals surface area contributed by atoms with Crippen LogP contribution in [0.1, 0.15) is 271 Å². The topological polar surface area (TPSA) is 111 Å². The van der Waals surface area contributed by atoms with E-state index in [1.165, 1.54) is 193 Å². The first-order valence-corrected chi connectivity index (χ1v) is 28.9. The van der Waals surface area contributed by atoms with Crippen LogP contribution in [0.3, 0.4) is 0 Å². The Morgan fingerprint density at radius 1 is 0.469 bits per heavy atom. The summed E-state index contributed by atoms with van der Waals surface area (Å²) >= 11 is 0. The molecule has 0 aliphatic rings. The molecule has 0 aromatic carbocycles. The smallest absolute Gasteiger partial charge is 0.306 e. The highest BCUT2D eigenvalue weighted by Gasteiger charge is 2.21. The molecule has 0 spiro atoms. The number of unbranched alkanes of at least 4 members (excludes halogenated alkanes) is 35. The predicted molar refractivity (Wildman–Crippen MR) is 268 cm³/mol. The molecule has 0 N–H and O–H groups in total. The number of phosphoric ester groups is 1. The summed E-state index contributed by atoms with van der Waals surface area (Å²) in [6.07, 6.45) is 53.4. The lowest BCUT2D eigenvalue weighted by molar-refractivity contribution is -0.870. The van der Waals surface area contributed by atoms with E-state index >= 15 is 0 Å². The van der Waals surface area contributed by atoms with Gasteiger partial charge in [0.2, 0.25) is 0 Å². The van der Waals surface area contributed by atoms with Crippen LogP contribution < -0.4 is 4.89 Å². The minimum Gasteiger partial charge on any atom is -0.756 e. The van der Waals surface area contributed by atoms with Crippen LogP contribution in [0.25, 0.3) is 0 Å². The number of hydrogen-bond acceptors (Lipinski definition) is 8. The van der Waals surface area contributed by atoms with E-state index in [2.05, 4.69) is 26.0 Å². The maximum Gasteiger partial charge on any atom is 0.306 e. The maximum absolute atomic E-state index is 12.7. The van der Waals surface area contributed by atoms with Crippen molar-refractivity contribution in [3.05, 3.63) is 12.2 Å². The molecule has 0 aromatic heterocycles. The molecule has 0 radical (unpaired) electrons. The van der Waals surface area contributed by atoms with Gasteiger partial charge in [0.25, 0.3) is 7.82 Å². The van der Waals surface area contributed by atoms with Gasteiger partial charge in [-0.2, -0.15) is 0 Å². The largest absolute Gasteiger partial charge is 0.756 e. The number of carbonyl (C=O) groups excluding carboxylic acids is 2. The molecular formula is C54H106NO8P. The SMILES string of the molecule is CCCCCCCCCC/C=C\CCCCCCCCCCCCCCCCCCCCCCCCCC(=O)OC(COC(=O)CCCCCCC)COP(=O)([O-])OCC[N+](C)(C)C. The van der Waals surface area contributed by atoms with E-state index in [1.54, 1.807) is 0 Å². The second-order valence-electron chi connectivity index (χ2n) is 20.0. The van der Waals surface area contributed by atoms with E-state index in [1.807, 2.05) is 21.1 Å². The zero-order chi connectivity index (χ0) is 47.1. The van der Waals surface area contributed by atoms with Gasteiger partial charge in [0.1, 0.15) is 19.8 Å². The molecule has 2 atom stereocenters. The molecule has 0 heterocycles. The van der Waals surface area contributed by atoms with Crippen LogP contribution in [0.5, 0.6) is 0 Å². The molecule has 64 heavy (non-hydrogen) atoms. The van der Waals surface area contributed by atoms with Crippen molar-refractivity contribution in [3.8, 4) is 0 Å². The first kappa shape index (κ1) is 62.8. The molecule has 0 bridgehead atoms. The van der Waals surface area contributed by atoms with Gasteiger partial charge < -0.3 is 27.9 Å². The Labute approximate surface area is 396 Å². The average Bonchev–Trinajstić information content (AvgIpc) is 3.25. The molecule has 0 aromatic rings. The minimum absolute atomic E-state index is 0.0271. The van der Waals surface area contributed by atoms with Gasteiger partial charge >= 0.3 is 11.9 Å². The number of nitrogens with zero attached hydrogens (tertiary/aromatic N) is 1. The number of phosphoric acid groups is 1. The van der Waals surface area contributed by atoms with Crippen molar-refractivity contribution in [2.24, 2.45) is 0 Å². The normalized spacial score (nSPS) is 13.4. The molecule has 2 unspecified atom stereocenters. The third-order valence-electron chi connectivity index (χ3n) is 12.3. The first-order chi connectivity index (χ1) is 31.0. The van der Waals surface area contributed by atoms with Gasteiger partial charge in [-0.1, -0.05) is 231 Å². The second-order valence-corrected chi connectivity index (χ2v) is 21.4. The summed E-state index contributed by atoms with van der Waals surface area (Å²) in [5.74, 6) is -0.835. The highest BCUT2D eigenvalue weighted by Crippen LogP contribution is 2.38. The highest BCUT2D eigenvalue weighted by atomic mass is 31.2. The lowest BCUT2D eigenvalue weighted by Gasteiger charge is -2.28. The summed E-state index contributed by atoms with van der Waals surface area (Å²) in [5.41, 5.74) is 0. The Kier molecular flexibility index (Phi) is 45.9. The molecule has 0 saturated carbocycles. The van der Waals surface area contributed by atoms with Crippen LogP contribution in [0.4, 0.5) is 0 Å². The Hall–Kier alpha value is -1.25. The first-order valence-electron chi connectivity index (χ1n) is 27.4. The third-order valence-corrected chi connectivity index (χ3v) is 13.2. The quantitative estimate of drug-likeness (QED) is 0.0195. The summed E-state index contributed by atoms with van der Waals surface area (Å²) in [6, 6.07) is 0. The van der Waals surface area contributed by atoms with Crippen LogP contribution in [0.2, 0.25) is 0 Å². The van der Waals surface area contributed by atoms with E-state index < -0.39 is 32.5 Å². The van der Waals surface area contributed by atoms with E-state index in [9.17, 15) is 19.0 Å². The Bertz CT molecular complexity index is 1100. The number of rotatable bonds is 51.